The van der Waals surface area contributed by atoms with E-state index in [0.29, 0.717) is 19.6 Å². The van der Waals surface area contributed by atoms with Gasteiger partial charge in [0.1, 0.15) is 0 Å². The van der Waals surface area contributed by atoms with E-state index in [9.17, 15) is 14.4 Å². The van der Waals surface area contributed by atoms with E-state index in [-0.39, 0.29) is 47.6 Å². The van der Waals surface area contributed by atoms with Crippen molar-refractivity contribution in [1.29, 1.82) is 0 Å². The largest absolute Gasteiger partial charge is 0.341 e. The van der Waals surface area contributed by atoms with Crippen LogP contribution in [0.1, 0.15) is 36.1 Å². The van der Waals surface area contributed by atoms with Crippen molar-refractivity contribution in [1.82, 2.24) is 14.4 Å². The Morgan fingerprint density at radius 1 is 0.966 bits per heavy atom. The standard InChI is InChI=1S/C23H25N3O3/c1-24-21(28)11-18(22(24)16-6-3-2-4-7-16)23(29)25-12-15-10-17(14-25)19-8-5-9-20(27)26(19)13-15/h2-9,15,17-18,22H,10-14H2,1H3/t15-,17+,18+,22-/m1/s1. The van der Waals surface area contributed by atoms with Crippen LogP contribution < -0.4 is 5.56 Å². The molecule has 5 rings (SSSR count). The minimum atomic E-state index is -0.355. The van der Waals surface area contributed by atoms with Gasteiger partial charge in [0.2, 0.25) is 11.8 Å². The predicted octanol–water partition coefficient (Wildman–Crippen LogP) is 2.01. The van der Waals surface area contributed by atoms with Crippen molar-refractivity contribution in [3.8, 4) is 0 Å². The number of hydrogen-bond donors (Lipinski definition) is 0. The van der Waals surface area contributed by atoms with Gasteiger partial charge >= 0.3 is 0 Å². The molecule has 4 heterocycles. The van der Waals surface area contributed by atoms with Gasteiger partial charge in [-0.05, 0) is 24.0 Å². The highest BCUT2D eigenvalue weighted by Crippen LogP contribution is 2.41. The van der Waals surface area contributed by atoms with Crippen molar-refractivity contribution in [3.63, 3.8) is 0 Å². The quantitative estimate of drug-likeness (QED) is 0.787. The highest BCUT2D eigenvalue weighted by molar-refractivity contribution is 5.90. The van der Waals surface area contributed by atoms with Crippen molar-refractivity contribution in [2.75, 3.05) is 20.1 Å². The Labute approximate surface area is 169 Å². The van der Waals surface area contributed by atoms with Crippen molar-refractivity contribution in [2.24, 2.45) is 11.8 Å². The lowest BCUT2D eigenvalue weighted by Crippen LogP contribution is -2.51. The maximum Gasteiger partial charge on any atom is 0.250 e. The molecule has 0 radical (unpaired) electrons. The van der Waals surface area contributed by atoms with Crippen LogP contribution in [-0.2, 0) is 16.1 Å². The molecule has 6 heteroatoms. The smallest absolute Gasteiger partial charge is 0.250 e. The Morgan fingerprint density at radius 3 is 2.55 bits per heavy atom. The molecule has 0 aliphatic carbocycles. The maximum absolute atomic E-state index is 13.6. The van der Waals surface area contributed by atoms with E-state index < -0.39 is 0 Å². The molecule has 0 spiro atoms. The first-order chi connectivity index (χ1) is 14.0. The second-order valence-electron chi connectivity index (χ2n) is 8.61. The summed E-state index contributed by atoms with van der Waals surface area (Å²) in [4.78, 5) is 41.9. The molecule has 1 aromatic carbocycles. The Hall–Kier alpha value is -2.89. The highest BCUT2D eigenvalue weighted by atomic mass is 16.2. The van der Waals surface area contributed by atoms with E-state index in [4.69, 9.17) is 0 Å². The van der Waals surface area contributed by atoms with Crippen LogP contribution in [0.3, 0.4) is 0 Å². The third-order valence-electron chi connectivity index (χ3n) is 6.84. The van der Waals surface area contributed by atoms with Crippen molar-refractivity contribution in [2.45, 2.75) is 31.3 Å². The molecule has 0 N–H and O–H groups in total. The Bertz CT molecular complexity index is 1020. The van der Waals surface area contributed by atoms with Crippen LogP contribution in [0.2, 0.25) is 0 Å². The molecule has 6 nitrogen and oxygen atoms in total. The van der Waals surface area contributed by atoms with Gasteiger partial charge in [-0.15, -0.1) is 0 Å². The molecule has 2 aromatic rings. The molecular weight excluding hydrogens is 366 g/mol. The van der Waals surface area contributed by atoms with Gasteiger partial charge in [-0.1, -0.05) is 36.4 Å². The molecular formula is C23H25N3O3. The van der Waals surface area contributed by atoms with E-state index in [1.54, 1.807) is 18.0 Å². The second-order valence-corrected chi connectivity index (χ2v) is 8.61. The number of amides is 2. The highest BCUT2D eigenvalue weighted by Gasteiger charge is 2.46. The minimum Gasteiger partial charge on any atom is -0.341 e. The van der Waals surface area contributed by atoms with Crippen molar-refractivity contribution in [3.05, 3.63) is 70.1 Å². The molecule has 3 aliphatic heterocycles. The van der Waals surface area contributed by atoms with Gasteiger partial charge in [0.25, 0.3) is 5.56 Å². The van der Waals surface area contributed by atoms with Gasteiger partial charge in [-0.3, -0.25) is 14.4 Å². The zero-order chi connectivity index (χ0) is 20.1. The third-order valence-corrected chi connectivity index (χ3v) is 6.84. The minimum absolute atomic E-state index is 0.0197. The Balaban J connectivity index is 1.42. The maximum atomic E-state index is 13.6. The number of fused-ring (bicyclic) bond motifs is 4. The molecule has 1 aromatic heterocycles. The normalized spacial score (nSPS) is 28.4. The summed E-state index contributed by atoms with van der Waals surface area (Å²) < 4.78 is 1.88. The number of aromatic nitrogens is 1. The fourth-order valence-electron chi connectivity index (χ4n) is 5.51. The number of hydrogen-bond acceptors (Lipinski definition) is 3. The van der Waals surface area contributed by atoms with Crippen LogP contribution in [0, 0.1) is 11.8 Å². The SMILES string of the molecule is CN1C(=O)C[C@H](C(=O)N2C[C@H]3C[C@@H](C2)c2cccc(=O)n2C3)[C@H]1c1ccccc1. The molecule has 0 saturated carbocycles. The summed E-state index contributed by atoms with van der Waals surface area (Å²) in [6.45, 7) is 1.95. The molecule has 2 bridgehead atoms. The number of piperidine rings is 1. The van der Waals surface area contributed by atoms with E-state index >= 15 is 0 Å². The molecule has 0 unspecified atom stereocenters. The zero-order valence-corrected chi connectivity index (χ0v) is 16.5. The molecule has 2 saturated heterocycles. The first-order valence-corrected chi connectivity index (χ1v) is 10.3. The summed E-state index contributed by atoms with van der Waals surface area (Å²) >= 11 is 0. The lowest BCUT2D eigenvalue weighted by Gasteiger charge is -2.43. The first kappa shape index (κ1) is 18.2. The first-order valence-electron chi connectivity index (χ1n) is 10.3. The Kier molecular flexibility index (Phi) is 4.30. The predicted molar refractivity (Wildman–Crippen MR) is 108 cm³/mol. The zero-order valence-electron chi connectivity index (χ0n) is 16.5. The second kappa shape index (κ2) is 6.87. The number of carbonyl (C=O) groups is 2. The fourth-order valence-corrected chi connectivity index (χ4v) is 5.51. The molecule has 150 valence electrons. The summed E-state index contributed by atoms with van der Waals surface area (Å²) in [5.41, 5.74) is 2.09. The van der Waals surface area contributed by atoms with Crippen LogP contribution in [0.25, 0.3) is 0 Å². The van der Waals surface area contributed by atoms with Gasteiger partial charge in [-0.25, -0.2) is 0 Å². The number of pyridine rings is 1. The van der Waals surface area contributed by atoms with E-state index in [0.717, 1.165) is 17.7 Å². The van der Waals surface area contributed by atoms with E-state index in [1.165, 1.54) is 0 Å². The van der Waals surface area contributed by atoms with Gasteiger partial charge in [0.15, 0.2) is 0 Å². The van der Waals surface area contributed by atoms with E-state index in [2.05, 4.69) is 0 Å². The number of rotatable bonds is 2. The summed E-state index contributed by atoms with van der Waals surface area (Å²) in [6.07, 6.45) is 1.27. The van der Waals surface area contributed by atoms with Crippen molar-refractivity contribution >= 4 is 11.8 Å². The third kappa shape index (κ3) is 2.98. The number of benzene rings is 1. The number of nitrogens with zero attached hydrogens (tertiary/aromatic N) is 3. The summed E-state index contributed by atoms with van der Waals surface area (Å²) in [7, 11) is 1.79. The van der Waals surface area contributed by atoms with Crippen LogP contribution in [0.15, 0.2) is 53.3 Å². The lowest BCUT2D eigenvalue weighted by atomic mass is 9.82. The van der Waals surface area contributed by atoms with Crippen LogP contribution in [0.4, 0.5) is 0 Å². The van der Waals surface area contributed by atoms with Crippen LogP contribution >= 0.6 is 0 Å². The molecule has 2 amide bonds. The average Bonchev–Trinajstić information content (AvgIpc) is 3.03. The summed E-state index contributed by atoms with van der Waals surface area (Å²) in [5, 5.41) is 0. The summed E-state index contributed by atoms with van der Waals surface area (Å²) in [6, 6.07) is 15.1. The van der Waals surface area contributed by atoms with Gasteiger partial charge in [-0.2, -0.15) is 0 Å². The van der Waals surface area contributed by atoms with Crippen molar-refractivity contribution < 1.29 is 9.59 Å². The van der Waals surface area contributed by atoms with Crippen LogP contribution in [0.5, 0.6) is 0 Å². The topological polar surface area (TPSA) is 62.6 Å². The summed E-state index contributed by atoms with van der Waals surface area (Å²) in [5.74, 6) is 0.205. The van der Waals surface area contributed by atoms with Crippen LogP contribution in [-0.4, -0.2) is 46.3 Å². The lowest BCUT2D eigenvalue weighted by molar-refractivity contribution is -0.139. The van der Waals surface area contributed by atoms with Gasteiger partial charge in [0, 0.05) is 50.8 Å². The molecule has 2 fully saturated rings. The molecule has 3 aliphatic rings. The number of likely N-dealkylation sites (tertiary alicyclic amines) is 2. The fraction of sp³-hybridized carbons (Fsp3) is 0.435. The van der Waals surface area contributed by atoms with E-state index in [1.807, 2.05) is 51.9 Å². The average molecular weight is 391 g/mol. The van der Waals surface area contributed by atoms with Gasteiger partial charge in [0.05, 0.1) is 12.0 Å². The Morgan fingerprint density at radius 2 is 1.76 bits per heavy atom. The monoisotopic (exact) mass is 391 g/mol. The molecule has 29 heavy (non-hydrogen) atoms. The van der Waals surface area contributed by atoms with Gasteiger partial charge < -0.3 is 14.4 Å². The molecule has 4 atom stereocenters. The number of carbonyl (C=O) groups excluding carboxylic acids is 2.